The molecule has 0 radical (unpaired) electrons. The number of nitrogens with zero attached hydrogens (tertiary/aromatic N) is 1. The van der Waals surface area contributed by atoms with E-state index >= 15 is 0 Å². The zero-order valence-electron chi connectivity index (χ0n) is 13.8. The zero-order chi connectivity index (χ0) is 18.7. The molecule has 0 bridgehead atoms. The Morgan fingerprint density at radius 1 is 1.15 bits per heavy atom. The summed E-state index contributed by atoms with van der Waals surface area (Å²) in [5, 5.41) is 3.47. The fourth-order valence-electron chi connectivity index (χ4n) is 2.91. The van der Waals surface area contributed by atoms with Crippen LogP contribution in [-0.2, 0) is 16.0 Å². The smallest absolute Gasteiger partial charge is 0.227 e. The monoisotopic (exact) mass is 378 g/mol. The maximum Gasteiger partial charge on any atom is 0.227 e. The van der Waals surface area contributed by atoms with Crippen molar-refractivity contribution in [2.24, 2.45) is 5.92 Å². The summed E-state index contributed by atoms with van der Waals surface area (Å²) in [6, 6.07) is 10.6. The van der Waals surface area contributed by atoms with E-state index in [1.54, 1.807) is 12.1 Å². The highest BCUT2D eigenvalue weighted by atomic mass is 35.5. The molecule has 1 saturated heterocycles. The first-order valence-corrected chi connectivity index (χ1v) is 8.59. The number of benzene rings is 2. The number of rotatable bonds is 5. The summed E-state index contributed by atoms with van der Waals surface area (Å²) in [6.45, 7) is 0.590. The normalized spacial score (nSPS) is 16.8. The standard InChI is InChI=1S/C19H17ClF2N2O2/c20-14-3-1-12(2-4-14)7-8-23-19(26)13-9-18(25)24(11-13)15-5-6-16(21)17(22)10-15/h1-6,10,13H,7-9,11H2,(H,23,26). The van der Waals surface area contributed by atoms with Crippen molar-refractivity contribution in [1.82, 2.24) is 5.32 Å². The van der Waals surface area contributed by atoms with Crippen LogP contribution in [0.15, 0.2) is 42.5 Å². The number of anilines is 1. The Morgan fingerprint density at radius 2 is 1.88 bits per heavy atom. The van der Waals surface area contributed by atoms with Crippen LogP contribution in [0.4, 0.5) is 14.5 Å². The maximum atomic E-state index is 13.4. The molecule has 2 amide bonds. The third-order valence-corrected chi connectivity index (χ3v) is 4.59. The van der Waals surface area contributed by atoms with Gasteiger partial charge < -0.3 is 10.2 Å². The summed E-state index contributed by atoms with van der Waals surface area (Å²) in [6.07, 6.45) is 0.697. The number of hydrogen-bond donors (Lipinski definition) is 1. The predicted octanol–water partition coefficient (Wildman–Crippen LogP) is 3.33. The Hall–Kier alpha value is -2.47. The summed E-state index contributed by atoms with van der Waals surface area (Å²) in [4.78, 5) is 25.7. The number of amides is 2. The molecule has 0 saturated carbocycles. The molecule has 1 unspecified atom stereocenters. The highest BCUT2D eigenvalue weighted by Crippen LogP contribution is 2.26. The fourth-order valence-corrected chi connectivity index (χ4v) is 3.04. The molecule has 1 aliphatic heterocycles. The van der Waals surface area contributed by atoms with Gasteiger partial charge in [0.05, 0.1) is 5.92 Å². The van der Waals surface area contributed by atoms with Crippen molar-refractivity contribution in [3.63, 3.8) is 0 Å². The molecule has 7 heteroatoms. The molecule has 0 aromatic heterocycles. The second-order valence-corrected chi connectivity index (χ2v) is 6.61. The van der Waals surface area contributed by atoms with Crippen molar-refractivity contribution in [3.8, 4) is 0 Å². The van der Waals surface area contributed by atoms with E-state index in [0.29, 0.717) is 18.0 Å². The van der Waals surface area contributed by atoms with Gasteiger partial charge in [0.25, 0.3) is 0 Å². The van der Waals surface area contributed by atoms with Crippen molar-refractivity contribution in [1.29, 1.82) is 0 Å². The van der Waals surface area contributed by atoms with E-state index in [-0.39, 0.29) is 30.5 Å². The largest absolute Gasteiger partial charge is 0.355 e. The summed E-state index contributed by atoms with van der Waals surface area (Å²) < 4.78 is 26.4. The van der Waals surface area contributed by atoms with Crippen LogP contribution in [-0.4, -0.2) is 24.9 Å². The Bertz CT molecular complexity index is 827. The van der Waals surface area contributed by atoms with Crippen molar-refractivity contribution in [2.45, 2.75) is 12.8 Å². The van der Waals surface area contributed by atoms with Crippen molar-refractivity contribution in [3.05, 3.63) is 64.7 Å². The van der Waals surface area contributed by atoms with Gasteiger partial charge in [0, 0.05) is 36.3 Å². The van der Waals surface area contributed by atoms with Gasteiger partial charge in [-0.2, -0.15) is 0 Å². The Labute approximate surface area is 154 Å². The number of carbonyl (C=O) groups excluding carboxylic acids is 2. The molecule has 2 aromatic carbocycles. The number of nitrogens with one attached hydrogen (secondary N) is 1. The van der Waals surface area contributed by atoms with Crippen LogP contribution in [0.5, 0.6) is 0 Å². The van der Waals surface area contributed by atoms with Crippen molar-refractivity contribution < 1.29 is 18.4 Å². The Balaban J connectivity index is 1.54. The summed E-state index contributed by atoms with van der Waals surface area (Å²) in [5.74, 6) is -3.02. The molecule has 0 aliphatic carbocycles. The molecule has 136 valence electrons. The van der Waals surface area contributed by atoms with Crippen molar-refractivity contribution in [2.75, 3.05) is 18.0 Å². The van der Waals surface area contributed by atoms with Gasteiger partial charge in [0.15, 0.2) is 11.6 Å². The second kappa shape index (κ2) is 7.83. The van der Waals surface area contributed by atoms with Gasteiger partial charge >= 0.3 is 0 Å². The van der Waals surface area contributed by atoms with Gasteiger partial charge in [-0.25, -0.2) is 8.78 Å². The highest BCUT2D eigenvalue weighted by molar-refractivity contribution is 6.30. The minimum atomic E-state index is -1.02. The van der Waals surface area contributed by atoms with Gasteiger partial charge in [-0.15, -0.1) is 0 Å². The average Bonchev–Trinajstić information content (AvgIpc) is 3.01. The van der Waals surface area contributed by atoms with Crippen molar-refractivity contribution >= 4 is 29.1 Å². The van der Waals surface area contributed by atoms with Crippen LogP contribution in [0.25, 0.3) is 0 Å². The predicted molar refractivity (Wildman–Crippen MR) is 95.0 cm³/mol. The van der Waals surface area contributed by atoms with E-state index < -0.39 is 17.6 Å². The fraction of sp³-hybridized carbons (Fsp3) is 0.263. The molecule has 2 aromatic rings. The van der Waals surface area contributed by atoms with Gasteiger partial charge in [-0.05, 0) is 36.2 Å². The lowest BCUT2D eigenvalue weighted by atomic mass is 10.1. The van der Waals surface area contributed by atoms with E-state index in [0.717, 1.165) is 17.7 Å². The lowest BCUT2D eigenvalue weighted by Gasteiger charge is -2.17. The SMILES string of the molecule is O=C(NCCc1ccc(Cl)cc1)C1CC(=O)N(c2ccc(F)c(F)c2)C1. The molecule has 1 atom stereocenters. The number of carbonyl (C=O) groups is 2. The van der Waals surface area contributed by atoms with Crippen LogP contribution in [0, 0.1) is 17.6 Å². The van der Waals surface area contributed by atoms with Crippen LogP contribution in [0.3, 0.4) is 0 Å². The lowest BCUT2D eigenvalue weighted by Crippen LogP contribution is -2.34. The van der Waals surface area contributed by atoms with Crippen LogP contribution in [0.2, 0.25) is 5.02 Å². The van der Waals surface area contributed by atoms with Gasteiger partial charge in [-0.1, -0.05) is 23.7 Å². The lowest BCUT2D eigenvalue weighted by molar-refractivity contribution is -0.126. The van der Waals surface area contributed by atoms with E-state index in [2.05, 4.69) is 5.32 Å². The molecule has 1 N–H and O–H groups in total. The Morgan fingerprint density at radius 3 is 2.58 bits per heavy atom. The van der Waals surface area contributed by atoms with E-state index in [9.17, 15) is 18.4 Å². The zero-order valence-corrected chi connectivity index (χ0v) is 14.6. The first-order chi connectivity index (χ1) is 12.4. The van der Waals surface area contributed by atoms with Crippen LogP contribution >= 0.6 is 11.6 Å². The maximum absolute atomic E-state index is 13.4. The topological polar surface area (TPSA) is 49.4 Å². The summed E-state index contributed by atoms with van der Waals surface area (Å²) in [5.41, 5.74) is 1.30. The molecule has 0 spiro atoms. The van der Waals surface area contributed by atoms with Crippen LogP contribution < -0.4 is 10.2 Å². The third-order valence-electron chi connectivity index (χ3n) is 4.34. The molecule has 1 aliphatic rings. The van der Waals surface area contributed by atoms with E-state index in [1.165, 1.54) is 11.0 Å². The van der Waals surface area contributed by atoms with Gasteiger partial charge in [0.2, 0.25) is 11.8 Å². The van der Waals surface area contributed by atoms with Gasteiger partial charge in [0.1, 0.15) is 0 Å². The highest BCUT2D eigenvalue weighted by Gasteiger charge is 2.35. The molecule has 3 rings (SSSR count). The quantitative estimate of drug-likeness (QED) is 0.867. The molecule has 4 nitrogen and oxygen atoms in total. The van der Waals surface area contributed by atoms with Gasteiger partial charge in [-0.3, -0.25) is 9.59 Å². The van der Waals surface area contributed by atoms with E-state index in [4.69, 9.17) is 11.6 Å². The molecule has 1 heterocycles. The van der Waals surface area contributed by atoms with Crippen LogP contribution in [0.1, 0.15) is 12.0 Å². The summed E-state index contributed by atoms with van der Waals surface area (Å²) in [7, 11) is 0. The molecule has 1 fully saturated rings. The third kappa shape index (κ3) is 4.19. The molecule has 26 heavy (non-hydrogen) atoms. The first kappa shape index (κ1) is 18.3. The summed E-state index contributed by atoms with van der Waals surface area (Å²) >= 11 is 5.83. The first-order valence-electron chi connectivity index (χ1n) is 8.21. The second-order valence-electron chi connectivity index (χ2n) is 6.17. The average molecular weight is 379 g/mol. The number of halogens is 3. The Kier molecular flexibility index (Phi) is 5.52. The molecular weight excluding hydrogens is 362 g/mol. The minimum absolute atomic E-state index is 0.0474. The minimum Gasteiger partial charge on any atom is -0.355 e. The number of hydrogen-bond acceptors (Lipinski definition) is 2. The van der Waals surface area contributed by atoms with E-state index in [1.807, 2.05) is 12.1 Å². The molecular formula is C19H17ClF2N2O2.